The second kappa shape index (κ2) is 8.44. The van der Waals surface area contributed by atoms with Crippen LogP contribution in [0.2, 0.25) is 0 Å². The Morgan fingerprint density at radius 3 is 2.50 bits per heavy atom. The number of rotatable bonds is 4. The minimum atomic E-state index is -0.940. The van der Waals surface area contributed by atoms with Crippen molar-refractivity contribution in [1.82, 2.24) is 9.80 Å². The van der Waals surface area contributed by atoms with E-state index < -0.39 is 6.10 Å². The van der Waals surface area contributed by atoms with Gasteiger partial charge in [-0.3, -0.25) is 9.69 Å². The van der Waals surface area contributed by atoms with E-state index in [1.165, 1.54) is 16.8 Å². The van der Waals surface area contributed by atoms with Gasteiger partial charge >= 0.3 is 0 Å². The van der Waals surface area contributed by atoms with Crippen molar-refractivity contribution in [2.75, 3.05) is 31.1 Å². The summed E-state index contributed by atoms with van der Waals surface area (Å²) in [6.45, 7) is 11.8. The van der Waals surface area contributed by atoms with Crippen molar-refractivity contribution in [1.29, 1.82) is 0 Å². The number of benzene rings is 1. The average Bonchev–Trinajstić information content (AvgIpc) is 3.17. The minimum absolute atomic E-state index is 0.119. The summed E-state index contributed by atoms with van der Waals surface area (Å²) in [5.74, 6) is 0.0534. The summed E-state index contributed by atoms with van der Waals surface area (Å²) in [7, 11) is 0. The summed E-state index contributed by atoms with van der Waals surface area (Å²) >= 11 is 0. The monoisotopic (exact) mass is 411 g/mol. The third kappa shape index (κ3) is 3.98. The molecule has 0 bridgehead atoms. The van der Waals surface area contributed by atoms with Gasteiger partial charge in [-0.25, -0.2) is 0 Å². The number of piperazine rings is 1. The largest absolute Gasteiger partial charge is 0.512 e. The summed E-state index contributed by atoms with van der Waals surface area (Å²) < 4.78 is 0. The molecule has 6 heteroatoms. The van der Waals surface area contributed by atoms with Crippen LogP contribution in [0.5, 0.6) is 0 Å². The first-order valence-electron chi connectivity index (χ1n) is 11.1. The first-order chi connectivity index (χ1) is 14.4. The van der Waals surface area contributed by atoms with E-state index in [4.69, 9.17) is 0 Å². The molecule has 1 saturated heterocycles. The number of fused-ring (bicyclic) bond motifs is 1. The number of allylic oxidation sites excluding steroid dienone is 2. The molecule has 1 aromatic carbocycles. The van der Waals surface area contributed by atoms with E-state index in [0.29, 0.717) is 31.1 Å². The maximum Gasteiger partial charge on any atom is 0.253 e. The van der Waals surface area contributed by atoms with Crippen LogP contribution in [0.25, 0.3) is 0 Å². The summed E-state index contributed by atoms with van der Waals surface area (Å²) in [5, 5.41) is 20.3. The van der Waals surface area contributed by atoms with Crippen LogP contribution >= 0.6 is 0 Å². The Hall–Kier alpha value is -2.31. The van der Waals surface area contributed by atoms with Gasteiger partial charge in [0.2, 0.25) is 0 Å². The molecule has 162 valence electrons. The molecule has 2 N–H and O–H groups in total. The molecule has 1 aliphatic carbocycles. The summed E-state index contributed by atoms with van der Waals surface area (Å²) in [6, 6.07) is 7.12. The number of amides is 1. The highest BCUT2D eigenvalue weighted by Gasteiger charge is 2.32. The van der Waals surface area contributed by atoms with Crippen molar-refractivity contribution in [3.05, 3.63) is 52.3 Å². The number of aliphatic hydroxyl groups excluding tert-OH is 2. The smallest absolute Gasteiger partial charge is 0.253 e. The molecule has 4 rings (SSSR count). The van der Waals surface area contributed by atoms with Crippen LogP contribution in [0.1, 0.15) is 44.7 Å². The first-order valence-corrected chi connectivity index (χ1v) is 11.1. The van der Waals surface area contributed by atoms with Crippen molar-refractivity contribution in [2.45, 2.75) is 58.8 Å². The zero-order chi connectivity index (χ0) is 21.4. The molecule has 30 heavy (non-hydrogen) atoms. The Bertz CT molecular complexity index is 882. The van der Waals surface area contributed by atoms with Crippen molar-refractivity contribution in [2.24, 2.45) is 0 Å². The SMILES string of the molecule is CCC1=C(O)CC(O)C(C(=O)N2Cc3ccc(N4CCN(C(C)C)CC4)cc3C2)=C1. The van der Waals surface area contributed by atoms with Gasteiger partial charge in [0, 0.05) is 63.0 Å². The molecule has 0 saturated carbocycles. The molecule has 3 aliphatic rings. The van der Waals surface area contributed by atoms with Crippen LogP contribution < -0.4 is 4.90 Å². The molecule has 1 aromatic rings. The molecule has 1 fully saturated rings. The van der Waals surface area contributed by atoms with Gasteiger partial charge in [0.1, 0.15) is 0 Å². The maximum atomic E-state index is 13.1. The number of hydrogen-bond acceptors (Lipinski definition) is 5. The highest BCUT2D eigenvalue weighted by molar-refractivity contribution is 5.95. The van der Waals surface area contributed by atoms with E-state index in [1.54, 1.807) is 11.0 Å². The lowest BCUT2D eigenvalue weighted by Crippen LogP contribution is -2.48. The van der Waals surface area contributed by atoms with Crippen LogP contribution in [-0.4, -0.2) is 64.2 Å². The fraction of sp³-hybridized carbons (Fsp3) is 0.542. The first kappa shape index (κ1) is 20.9. The van der Waals surface area contributed by atoms with E-state index >= 15 is 0 Å². The zero-order valence-corrected chi connectivity index (χ0v) is 18.3. The fourth-order valence-corrected chi connectivity index (χ4v) is 4.70. The van der Waals surface area contributed by atoms with Crippen LogP contribution in [0.4, 0.5) is 5.69 Å². The molecule has 6 nitrogen and oxygen atoms in total. The van der Waals surface area contributed by atoms with Gasteiger partial charge in [0.05, 0.1) is 11.9 Å². The van der Waals surface area contributed by atoms with Crippen molar-refractivity contribution in [3.8, 4) is 0 Å². The van der Waals surface area contributed by atoms with Gasteiger partial charge in [0.25, 0.3) is 5.91 Å². The number of carbonyl (C=O) groups excluding carboxylic acids is 1. The predicted molar refractivity (Wildman–Crippen MR) is 118 cm³/mol. The molecule has 1 amide bonds. The summed E-state index contributed by atoms with van der Waals surface area (Å²) in [6.07, 6.45) is 1.50. The van der Waals surface area contributed by atoms with E-state index in [-0.39, 0.29) is 18.1 Å². The molecule has 2 heterocycles. The standard InChI is InChI=1S/C24H33N3O3/c1-4-17-12-21(23(29)13-22(17)28)24(30)27-14-18-5-6-20(11-19(18)15-27)26-9-7-25(8-10-26)16(2)3/h5-6,11-12,16,23,28-29H,4,7-10,13-15H2,1-3H3. The lowest BCUT2D eigenvalue weighted by molar-refractivity contribution is -0.128. The van der Waals surface area contributed by atoms with Crippen molar-refractivity contribution < 1.29 is 15.0 Å². The molecular weight excluding hydrogens is 378 g/mol. The van der Waals surface area contributed by atoms with Crippen molar-refractivity contribution >= 4 is 11.6 Å². The Balaban J connectivity index is 1.46. The zero-order valence-electron chi connectivity index (χ0n) is 18.3. The van der Waals surface area contributed by atoms with Crippen LogP contribution in [0.15, 0.2) is 41.2 Å². The van der Waals surface area contributed by atoms with Crippen LogP contribution in [-0.2, 0) is 17.9 Å². The summed E-state index contributed by atoms with van der Waals surface area (Å²) in [4.78, 5) is 19.8. The molecule has 0 spiro atoms. The maximum absolute atomic E-state index is 13.1. The average molecular weight is 412 g/mol. The van der Waals surface area contributed by atoms with Crippen molar-refractivity contribution in [3.63, 3.8) is 0 Å². The molecule has 1 atom stereocenters. The number of nitrogens with zero attached hydrogens (tertiary/aromatic N) is 3. The van der Waals surface area contributed by atoms with Gasteiger partial charge < -0.3 is 20.0 Å². The second-order valence-corrected chi connectivity index (χ2v) is 8.88. The Morgan fingerprint density at radius 1 is 1.13 bits per heavy atom. The topological polar surface area (TPSA) is 67.2 Å². The molecule has 0 aromatic heterocycles. The minimum Gasteiger partial charge on any atom is -0.512 e. The molecule has 1 unspecified atom stereocenters. The Labute approximate surface area is 179 Å². The lowest BCUT2D eigenvalue weighted by atomic mass is 9.93. The van der Waals surface area contributed by atoms with E-state index in [1.807, 2.05) is 6.92 Å². The predicted octanol–water partition coefficient (Wildman–Crippen LogP) is 2.97. The van der Waals surface area contributed by atoms with Gasteiger partial charge in [-0.15, -0.1) is 0 Å². The molecule has 0 radical (unpaired) electrons. The lowest BCUT2D eigenvalue weighted by Gasteiger charge is -2.38. The van der Waals surface area contributed by atoms with Gasteiger partial charge in [-0.05, 0) is 55.2 Å². The number of aliphatic hydroxyl groups is 2. The van der Waals surface area contributed by atoms with Crippen LogP contribution in [0.3, 0.4) is 0 Å². The van der Waals surface area contributed by atoms with Gasteiger partial charge in [-0.2, -0.15) is 0 Å². The summed E-state index contributed by atoms with van der Waals surface area (Å²) in [5.41, 5.74) is 4.72. The number of carbonyl (C=O) groups is 1. The van der Waals surface area contributed by atoms with E-state index in [0.717, 1.165) is 31.8 Å². The highest BCUT2D eigenvalue weighted by atomic mass is 16.3. The van der Waals surface area contributed by atoms with Gasteiger partial charge in [0.15, 0.2) is 0 Å². The molecular formula is C24H33N3O3. The van der Waals surface area contributed by atoms with E-state index in [9.17, 15) is 15.0 Å². The molecule has 2 aliphatic heterocycles. The third-order valence-electron chi connectivity index (χ3n) is 6.68. The highest BCUT2D eigenvalue weighted by Crippen LogP contribution is 2.32. The quantitative estimate of drug-likeness (QED) is 0.797. The number of anilines is 1. The van der Waals surface area contributed by atoms with E-state index in [2.05, 4.69) is 41.8 Å². The Kier molecular flexibility index (Phi) is 5.89. The third-order valence-corrected chi connectivity index (χ3v) is 6.68. The fourth-order valence-electron chi connectivity index (χ4n) is 4.70. The van der Waals surface area contributed by atoms with Gasteiger partial charge in [-0.1, -0.05) is 13.0 Å². The number of hydrogen-bond donors (Lipinski definition) is 2. The second-order valence-electron chi connectivity index (χ2n) is 8.88. The Morgan fingerprint density at radius 2 is 1.83 bits per heavy atom. The normalized spacial score (nSPS) is 22.6. The van der Waals surface area contributed by atoms with Crippen LogP contribution in [0, 0.1) is 0 Å².